The Balaban J connectivity index is 1.73. The van der Waals surface area contributed by atoms with Crippen molar-refractivity contribution in [2.75, 3.05) is 10.8 Å². The number of para-hydroxylation sites is 2. The fraction of sp³-hybridized carbons (Fsp3) is 0.217. The average Bonchev–Trinajstić information content (AvgIpc) is 2.80. The number of rotatable bonds is 12. The van der Waals surface area contributed by atoms with Crippen LogP contribution >= 0.6 is 7.60 Å². The molecule has 0 bridgehead atoms. The van der Waals surface area contributed by atoms with Crippen LogP contribution in [0.2, 0.25) is 0 Å². The van der Waals surface area contributed by atoms with Crippen molar-refractivity contribution in [3.8, 4) is 11.5 Å². The minimum atomic E-state index is -4.14. The van der Waals surface area contributed by atoms with Gasteiger partial charge in [0.2, 0.25) is 0 Å². The predicted molar refractivity (Wildman–Crippen MR) is 120 cm³/mol. The molecule has 0 saturated heterocycles. The second-order valence-electron chi connectivity index (χ2n) is 6.75. The van der Waals surface area contributed by atoms with E-state index in [4.69, 9.17) is 13.2 Å². The molecule has 0 aliphatic heterocycles. The summed E-state index contributed by atoms with van der Waals surface area (Å²) in [6.07, 6.45) is 1.56. The molecule has 0 unspecified atom stereocenters. The number of alkyl halides is 1. The van der Waals surface area contributed by atoms with Crippen LogP contribution < -0.4 is 30.3 Å². The van der Waals surface area contributed by atoms with Crippen LogP contribution in [-0.2, 0) is 18.9 Å². The topological polar surface area (TPSA) is 78.9 Å². The number of hydrogen-bond donors (Lipinski definition) is 0. The first-order chi connectivity index (χ1) is 15.4. The van der Waals surface area contributed by atoms with E-state index in [1.54, 1.807) is 60.7 Å². The summed E-state index contributed by atoms with van der Waals surface area (Å²) in [5.41, 5.74) is 0. The van der Waals surface area contributed by atoms with Gasteiger partial charge in [-0.2, -0.15) is 0 Å². The summed E-state index contributed by atoms with van der Waals surface area (Å²) in [5, 5.41) is 0. The summed E-state index contributed by atoms with van der Waals surface area (Å²) in [4.78, 5) is 0.00622. The van der Waals surface area contributed by atoms with E-state index >= 15 is 0 Å². The van der Waals surface area contributed by atoms with Crippen LogP contribution in [0.5, 0.6) is 11.5 Å². The Kier molecular flexibility index (Phi) is 9.16. The summed E-state index contributed by atoms with van der Waals surface area (Å²) >= 11 is -0.134. The van der Waals surface area contributed by atoms with Crippen LogP contribution in [-0.4, -0.2) is 19.2 Å². The first kappa shape index (κ1) is 24.8. The molecular weight excluding hydrogens is 562 g/mol. The van der Waals surface area contributed by atoms with Crippen LogP contribution in [0.4, 0.5) is 0 Å². The Hall–Kier alpha value is -1.87. The van der Waals surface area contributed by atoms with Gasteiger partial charge in [0.1, 0.15) is 0 Å². The van der Waals surface area contributed by atoms with Gasteiger partial charge in [0.05, 0.1) is 0 Å². The molecule has 0 amide bonds. The molecular formula is C23H25IO6PS-. The van der Waals surface area contributed by atoms with Crippen molar-refractivity contribution in [3.63, 3.8) is 0 Å². The molecule has 0 aliphatic carbocycles. The molecule has 6 nitrogen and oxygen atoms in total. The standard InChI is InChI=1S/C23H25IO6PS/c1-2-3-18-24-20-14-16-23(17-15-20)32(26,27)28-19-31(25,29-21-10-6-4-7-11-21)30-22-12-8-5-9-13-22/h4-17H,2-3,18-19H2,1H3/q-1. The summed E-state index contributed by atoms with van der Waals surface area (Å²) in [6, 6.07) is 23.5. The maximum atomic E-state index is 13.4. The molecule has 0 spiro atoms. The van der Waals surface area contributed by atoms with E-state index in [-0.39, 0.29) is 37.6 Å². The molecule has 0 aliphatic rings. The van der Waals surface area contributed by atoms with Gasteiger partial charge in [0.15, 0.2) is 0 Å². The molecule has 0 saturated carbocycles. The second-order valence-corrected chi connectivity index (χ2v) is 13.3. The Bertz CT molecular complexity index is 1080. The summed E-state index contributed by atoms with van der Waals surface area (Å²) in [7, 11) is -8.14. The van der Waals surface area contributed by atoms with Crippen molar-refractivity contribution in [3.05, 3.63) is 88.5 Å². The van der Waals surface area contributed by atoms with Crippen molar-refractivity contribution in [2.45, 2.75) is 24.7 Å². The third-order valence-corrected chi connectivity index (χ3v) is 9.96. The Morgan fingerprint density at radius 2 is 1.34 bits per heavy atom. The van der Waals surface area contributed by atoms with Gasteiger partial charge in [-0.25, -0.2) is 0 Å². The summed E-state index contributed by atoms with van der Waals surface area (Å²) in [5.74, 6) is 0.571. The van der Waals surface area contributed by atoms with Gasteiger partial charge in [-0.1, -0.05) is 12.1 Å². The molecule has 9 heteroatoms. The molecule has 0 atom stereocenters. The van der Waals surface area contributed by atoms with E-state index in [2.05, 4.69) is 6.92 Å². The van der Waals surface area contributed by atoms with Gasteiger partial charge in [-0.05, 0) is 0 Å². The quantitative estimate of drug-likeness (QED) is 0.107. The van der Waals surface area contributed by atoms with E-state index in [0.29, 0.717) is 0 Å². The fourth-order valence-corrected chi connectivity index (χ4v) is 7.90. The average molecular weight is 587 g/mol. The molecule has 0 N–H and O–H groups in total. The Morgan fingerprint density at radius 3 is 1.84 bits per heavy atom. The minimum absolute atomic E-state index is 0.00622. The third-order valence-electron chi connectivity index (χ3n) is 4.18. The SMILES string of the molecule is CCCC[I-]c1ccc(S(=O)(=O)OCP(=O)(Oc2ccccc2)Oc2ccccc2)cc1. The van der Waals surface area contributed by atoms with E-state index in [1.807, 2.05) is 12.1 Å². The molecule has 3 aromatic carbocycles. The number of hydrogen-bond acceptors (Lipinski definition) is 6. The zero-order chi connectivity index (χ0) is 22.9. The van der Waals surface area contributed by atoms with Crippen LogP contribution in [0.25, 0.3) is 0 Å². The zero-order valence-electron chi connectivity index (χ0n) is 17.6. The first-order valence-electron chi connectivity index (χ1n) is 10.1. The molecule has 0 heterocycles. The summed E-state index contributed by atoms with van der Waals surface area (Å²) < 4.78 is 57.4. The number of unbranched alkanes of at least 4 members (excludes halogenated alkanes) is 1. The van der Waals surface area contributed by atoms with Crippen LogP contribution in [0.1, 0.15) is 19.8 Å². The van der Waals surface area contributed by atoms with E-state index in [1.165, 1.54) is 22.1 Å². The van der Waals surface area contributed by atoms with Crippen LogP contribution in [0.15, 0.2) is 89.8 Å². The van der Waals surface area contributed by atoms with Gasteiger partial charge in [-0.3, -0.25) is 0 Å². The monoisotopic (exact) mass is 587 g/mol. The Labute approximate surface area is 199 Å². The van der Waals surface area contributed by atoms with E-state index < -0.39 is 24.1 Å². The third kappa shape index (κ3) is 7.62. The maximum absolute atomic E-state index is 13.4. The number of halogens is 1. The van der Waals surface area contributed by atoms with Crippen LogP contribution in [0.3, 0.4) is 0 Å². The molecule has 32 heavy (non-hydrogen) atoms. The first-order valence-corrected chi connectivity index (χ1v) is 15.8. The predicted octanol–water partition coefficient (Wildman–Crippen LogP) is 2.76. The van der Waals surface area contributed by atoms with Crippen molar-refractivity contribution in [1.82, 2.24) is 0 Å². The fourth-order valence-electron chi connectivity index (χ4n) is 2.56. The van der Waals surface area contributed by atoms with Crippen molar-refractivity contribution in [1.29, 1.82) is 0 Å². The van der Waals surface area contributed by atoms with Crippen LogP contribution in [0, 0.1) is 3.57 Å². The van der Waals surface area contributed by atoms with Crippen molar-refractivity contribution in [2.24, 2.45) is 0 Å². The second kappa shape index (κ2) is 11.8. The van der Waals surface area contributed by atoms with Gasteiger partial charge in [-0.15, -0.1) is 0 Å². The van der Waals surface area contributed by atoms with Crippen molar-refractivity contribution >= 4 is 17.7 Å². The molecule has 3 rings (SSSR count). The molecule has 0 aromatic heterocycles. The van der Waals surface area contributed by atoms with Gasteiger partial charge >= 0.3 is 188 Å². The van der Waals surface area contributed by atoms with E-state index in [9.17, 15) is 13.0 Å². The molecule has 172 valence electrons. The number of benzene rings is 3. The van der Waals surface area contributed by atoms with Crippen molar-refractivity contribution < 1.29 is 47.4 Å². The molecule has 0 fully saturated rings. The van der Waals surface area contributed by atoms with Gasteiger partial charge in [0, 0.05) is 0 Å². The molecule has 3 aromatic rings. The van der Waals surface area contributed by atoms with Gasteiger partial charge in [0.25, 0.3) is 0 Å². The zero-order valence-corrected chi connectivity index (χ0v) is 21.5. The summed E-state index contributed by atoms with van der Waals surface area (Å²) in [6.45, 7) is 2.15. The molecule has 0 radical (unpaired) electrons. The normalized spacial score (nSPS) is 11.9. The Morgan fingerprint density at radius 1 is 0.812 bits per heavy atom. The van der Waals surface area contributed by atoms with E-state index in [0.717, 1.165) is 10.8 Å². The van der Waals surface area contributed by atoms with Gasteiger partial charge < -0.3 is 0 Å².